The first kappa shape index (κ1) is 14.0. The minimum Gasteiger partial charge on any atom is -0.385 e. The van der Waals surface area contributed by atoms with Gasteiger partial charge in [-0.15, -0.1) is 0 Å². The summed E-state index contributed by atoms with van der Waals surface area (Å²) >= 11 is 0. The summed E-state index contributed by atoms with van der Waals surface area (Å²) in [6, 6.07) is 8.38. The zero-order valence-electron chi connectivity index (χ0n) is 11.8. The molecule has 0 aliphatic heterocycles. The van der Waals surface area contributed by atoms with Gasteiger partial charge in [-0.3, -0.25) is 0 Å². The number of hydrogen-bond donors (Lipinski definition) is 1. The highest BCUT2D eigenvalue weighted by atomic mass is 16.5. The van der Waals surface area contributed by atoms with E-state index in [1.165, 1.54) is 5.52 Å². The van der Waals surface area contributed by atoms with Crippen molar-refractivity contribution >= 4 is 11.0 Å². The summed E-state index contributed by atoms with van der Waals surface area (Å²) < 4.78 is 7.37. The van der Waals surface area contributed by atoms with Crippen LogP contribution in [0.1, 0.15) is 25.6 Å². The van der Waals surface area contributed by atoms with Crippen molar-refractivity contribution in [2.45, 2.75) is 38.8 Å². The summed E-state index contributed by atoms with van der Waals surface area (Å²) in [5, 5.41) is 0. The van der Waals surface area contributed by atoms with Gasteiger partial charge in [-0.25, -0.2) is 4.98 Å². The van der Waals surface area contributed by atoms with Gasteiger partial charge in [0.25, 0.3) is 0 Å². The van der Waals surface area contributed by atoms with E-state index in [-0.39, 0.29) is 6.04 Å². The molecule has 0 aliphatic rings. The average Bonchev–Trinajstić information content (AvgIpc) is 2.75. The van der Waals surface area contributed by atoms with Crippen molar-refractivity contribution in [3.63, 3.8) is 0 Å². The topological polar surface area (TPSA) is 53.1 Å². The number of para-hydroxylation sites is 2. The molecule has 104 valence electrons. The van der Waals surface area contributed by atoms with Crippen molar-refractivity contribution in [2.75, 3.05) is 13.7 Å². The molecular formula is C15H23N3O. The Kier molecular flexibility index (Phi) is 4.93. The lowest BCUT2D eigenvalue weighted by Crippen LogP contribution is -2.26. The Bertz CT molecular complexity index is 521. The fourth-order valence-electron chi connectivity index (χ4n) is 2.36. The van der Waals surface area contributed by atoms with Crippen LogP contribution in [0.25, 0.3) is 11.0 Å². The second-order valence-electron chi connectivity index (χ2n) is 4.91. The number of benzene rings is 1. The number of ether oxygens (including phenoxy) is 1. The molecule has 2 rings (SSSR count). The van der Waals surface area contributed by atoms with Crippen LogP contribution in [-0.2, 0) is 17.7 Å². The van der Waals surface area contributed by atoms with Gasteiger partial charge < -0.3 is 15.0 Å². The molecule has 4 nitrogen and oxygen atoms in total. The van der Waals surface area contributed by atoms with E-state index in [1.807, 2.05) is 6.07 Å². The molecule has 4 heteroatoms. The van der Waals surface area contributed by atoms with Gasteiger partial charge in [0.1, 0.15) is 5.82 Å². The number of imidazole rings is 1. The van der Waals surface area contributed by atoms with E-state index in [1.54, 1.807) is 7.11 Å². The third-order valence-electron chi connectivity index (χ3n) is 3.32. The second-order valence-corrected chi connectivity index (χ2v) is 4.91. The lowest BCUT2D eigenvalue weighted by molar-refractivity contribution is 0.187. The van der Waals surface area contributed by atoms with E-state index >= 15 is 0 Å². The van der Waals surface area contributed by atoms with Crippen LogP contribution in [-0.4, -0.2) is 29.3 Å². The third kappa shape index (κ3) is 3.33. The standard InChI is InChI=1S/C15H23N3O/c1-3-9-18-14-7-5-4-6-13(14)17-15(18)11-12(16)8-10-19-2/h4-7,12H,3,8-11,16H2,1-2H3. The normalized spacial score (nSPS) is 13.0. The molecule has 2 N–H and O–H groups in total. The van der Waals surface area contributed by atoms with Crippen LogP contribution in [0.3, 0.4) is 0 Å². The lowest BCUT2D eigenvalue weighted by Gasteiger charge is -2.12. The van der Waals surface area contributed by atoms with Crippen LogP contribution in [0.5, 0.6) is 0 Å². The molecule has 1 unspecified atom stereocenters. The molecule has 1 atom stereocenters. The summed E-state index contributed by atoms with van der Waals surface area (Å²) in [7, 11) is 1.71. The molecule has 0 radical (unpaired) electrons. The minimum atomic E-state index is 0.104. The van der Waals surface area contributed by atoms with E-state index in [4.69, 9.17) is 15.5 Å². The number of rotatable bonds is 7. The Labute approximate surface area is 114 Å². The van der Waals surface area contributed by atoms with Crippen LogP contribution in [0.4, 0.5) is 0 Å². The molecule has 1 aromatic carbocycles. The highest BCUT2D eigenvalue weighted by molar-refractivity contribution is 5.75. The van der Waals surface area contributed by atoms with Gasteiger partial charge in [-0.1, -0.05) is 19.1 Å². The zero-order chi connectivity index (χ0) is 13.7. The Morgan fingerprint density at radius 1 is 1.37 bits per heavy atom. The predicted octanol–water partition coefficient (Wildman–Crippen LogP) is 2.35. The molecule has 19 heavy (non-hydrogen) atoms. The summed E-state index contributed by atoms with van der Waals surface area (Å²) in [4.78, 5) is 4.72. The number of methoxy groups -OCH3 is 1. The molecule has 0 aliphatic carbocycles. The van der Waals surface area contributed by atoms with Crippen molar-refractivity contribution in [3.05, 3.63) is 30.1 Å². The fraction of sp³-hybridized carbons (Fsp3) is 0.533. The molecule has 0 amide bonds. The minimum absolute atomic E-state index is 0.104. The maximum Gasteiger partial charge on any atom is 0.111 e. The zero-order valence-corrected chi connectivity index (χ0v) is 11.8. The second kappa shape index (κ2) is 6.68. The molecule has 0 spiro atoms. The van der Waals surface area contributed by atoms with E-state index < -0.39 is 0 Å². The van der Waals surface area contributed by atoms with E-state index in [0.29, 0.717) is 6.61 Å². The van der Waals surface area contributed by atoms with E-state index in [0.717, 1.165) is 37.1 Å². The SMILES string of the molecule is CCCn1c(CC(N)CCOC)nc2ccccc21. The molecule has 0 saturated carbocycles. The molecule has 0 fully saturated rings. The van der Waals surface area contributed by atoms with Crippen LogP contribution in [0, 0.1) is 0 Å². The Balaban J connectivity index is 2.23. The monoisotopic (exact) mass is 261 g/mol. The maximum absolute atomic E-state index is 6.15. The highest BCUT2D eigenvalue weighted by Crippen LogP contribution is 2.17. The number of fused-ring (bicyclic) bond motifs is 1. The maximum atomic E-state index is 6.15. The average molecular weight is 261 g/mol. The van der Waals surface area contributed by atoms with Crippen LogP contribution < -0.4 is 5.73 Å². The molecule has 0 bridgehead atoms. The van der Waals surface area contributed by atoms with Crippen LogP contribution in [0.15, 0.2) is 24.3 Å². The van der Waals surface area contributed by atoms with E-state index in [9.17, 15) is 0 Å². The van der Waals surface area contributed by atoms with Gasteiger partial charge in [0.15, 0.2) is 0 Å². The molecule has 2 aromatic rings. The van der Waals surface area contributed by atoms with Gasteiger partial charge in [-0.05, 0) is 25.0 Å². The Morgan fingerprint density at radius 2 is 2.16 bits per heavy atom. The van der Waals surface area contributed by atoms with Crippen LogP contribution >= 0.6 is 0 Å². The number of hydrogen-bond acceptors (Lipinski definition) is 3. The van der Waals surface area contributed by atoms with Crippen molar-refractivity contribution in [3.8, 4) is 0 Å². The van der Waals surface area contributed by atoms with Crippen molar-refractivity contribution in [1.29, 1.82) is 0 Å². The largest absolute Gasteiger partial charge is 0.385 e. The first-order valence-corrected chi connectivity index (χ1v) is 6.95. The molecule has 0 saturated heterocycles. The van der Waals surface area contributed by atoms with Gasteiger partial charge in [0, 0.05) is 32.7 Å². The summed E-state index contributed by atoms with van der Waals surface area (Å²) in [6.45, 7) is 3.88. The van der Waals surface area contributed by atoms with Gasteiger partial charge >= 0.3 is 0 Å². The smallest absolute Gasteiger partial charge is 0.111 e. The quantitative estimate of drug-likeness (QED) is 0.832. The summed E-state index contributed by atoms with van der Waals surface area (Å²) in [5.41, 5.74) is 8.41. The van der Waals surface area contributed by atoms with Crippen LogP contribution in [0.2, 0.25) is 0 Å². The molecule has 1 aromatic heterocycles. The first-order chi connectivity index (χ1) is 9.26. The van der Waals surface area contributed by atoms with E-state index in [2.05, 4.69) is 29.7 Å². The van der Waals surface area contributed by atoms with Crippen molar-refractivity contribution in [2.24, 2.45) is 5.73 Å². The number of aryl methyl sites for hydroxylation is 1. The number of aromatic nitrogens is 2. The summed E-state index contributed by atoms with van der Waals surface area (Å²) in [6.07, 6.45) is 2.77. The van der Waals surface area contributed by atoms with Gasteiger partial charge in [-0.2, -0.15) is 0 Å². The van der Waals surface area contributed by atoms with Gasteiger partial charge in [0.2, 0.25) is 0 Å². The number of nitrogens with two attached hydrogens (primary N) is 1. The summed E-state index contributed by atoms with van der Waals surface area (Å²) in [5.74, 6) is 1.09. The number of nitrogens with zero attached hydrogens (tertiary/aromatic N) is 2. The third-order valence-corrected chi connectivity index (χ3v) is 3.32. The Morgan fingerprint density at radius 3 is 2.89 bits per heavy atom. The Hall–Kier alpha value is -1.39. The highest BCUT2D eigenvalue weighted by Gasteiger charge is 2.13. The van der Waals surface area contributed by atoms with Crippen molar-refractivity contribution in [1.82, 2.24) is 9.55 Å². The molecule has 1 heterocycles. The van der Waals surface area contributed by atoms with Gasteiger partial charge in [0.05, 0.1) is 11.0 Å². The van der Waals surface area contributed by atoms with Crippen molar-refractivity contribution < 1.29 is 4.74 Å². The fourth-order valence-corrected chi connectivity index (χ4v) is 2.36. The first-order valence-electron chi connectivity index (χ1n) is 6.95. The predicted molar refractivity (Wildman–Crippen MR) is 78.2 cm³/mol. The lowest BCUT2D eigenvalue weighted by atomic mass is 10.1. The molecular weight excluding hydrogens is 238 g/mol.